The van der Waals surface area contributed by atoms with Crippen LogP contribution in [-0.2, 0) is 4.74 Å². The summed E-state index contributed by atoms with van der Waals surface area (Å²) in [4.78, 5) is 10.7. The molecule has 0 aromatic carbocycles. The summed E-state index contributed by atoms with van der Waals surface area (Å²) in [5.74, 6) is 0.864. The monoisotopic (exact) mass is 162 g/mol. The molecule has 0 fully saturated rings. The maximum absolute atomic E-state index is 10.7. The minimum Gasteiger partial charge on any atom is -0.458 e. The third kappa shape index (κ3) is 5.95. The molecule has 0 N–H and O–H groups in total. The summed E-state index contributed by atoms with van der Waals surface area (Å²) in [5, 5.41) is -0.135. The third-order valence-electron chi connectivity index (χ3n) is 0.848. The van der Waals surface area contributed by atoms with Crippen LogP contribution < -0.4 is 0 Å². The topological polar surface area (TPSA) is 26.3 Å². The molecule has 0 aromatic heterocycles. The number of hydrogen-bond donors (Lipinski definition) is 0. The van der Waals surface area contributed by atoms with Crippen LogP contribution in [0.5, 0.6) is 0 Å². The van der Waals surface area contributed by atoms with Crippen molar-refractivity contribution in [3.63, 3.8) is 0 Å². The van der Waals surface area contributed by atoms with E-state index in [1.165, 1.54) is 11.8 Å². The smallest absolute Gasteiger partial charge is 0.367 e. The first-order valence-corrected chi connectivity index (χ1v) is 4.59. The van der Waals surface area contributed by atoms with Gasteiger partial charge in [-0.3, -0.25) is 0 Å². The van der Waals surface area contributed by atoms with E-state index in [-0.39, 0.29) is 5.30 Å². The number of carbonyl (C=O) groups excluding carboxylic acids is 1. The second kappa shape index (κ2) is 6.93. The van der Waals surface area contributed by atoms with Gasteiger partial charge in [-0.1, -0.05) is 13.8 Å². The first kappa shape index (κ1) is 9.82. The van der Waals surface area contributed by atoms with Crippen molar-refractivity contribution < 1.29 is 9.53 Å². The van der Waals surface area contributed by atoms with E-state index in [1.54, 1.807) is 0 Å². The fourth-order valence-electron chi connectivity index (χ4n) is 0.412. The highest BCUT2D eigenvalue weighted by Crippen LogP contribution is 2.06. The minimum atomic E-state index is -0.135. The molecule has 0 bridgehead atoms. The van der Waals surface area contributed by atoms with Crippen molar-refractivity contribution in [3.05, 3.63) is 0 Å². The van der Waals surface area contributed by atoms with Crippen molar-refractivity contribution in [1.82, 2.24) is 0 Å². The molecule has 2 nitrogen and oxygen atoms in total. The zero-order chi connectivity index (χ0) is 7.82. The molecule has 10 heavy (non-hydrogen) atoms. The first-order chi connectivity index (χ1) is 4.81. The highest BCUT2D eigenvalue weighted by molar-refractivity contribution is 8.13. The molecule has 0 amide bonds. The highest BCUT2D eigenvalue weighted by atomic mass is 32.2. The summed E-state index contributed by atoms with van der Waals surface area (Å²) in [6, 6.07) is 0. The highest BCUT2D eigenvalue weighted by Gasteiger charge is 1.99. The van der Waals surface area contributed by atoms with Gasteiger partial charge in [0, 0.05) is 5.75 Å². The Hall–Kier alpha value is -0.180. The van der Waals surface area contributed by atoms with Crippen molar-refractivity contribution in [2.45, 2.75) is 26.7 Å². The van der Waals surface area contributed by atoms with E-state index in [9.17, 15) is 4.79 Å². The Labute approximate surface area is 66.3 Å². The molecule has 0 saturated heterocycles. The quantitative estimate of drug-likeness (QED) is 0.594. The molecule has 0 aliphatic rings. The van der Waals surface area contributed by atoms with Crippen LogP contribution in [0.4, 0.5) is 4.79 Å². The number of ether oxygens (including phenoxy) is 1. The molecule has 0 rings (SSSR count). The average molecular weight is 162 g/mol. The lowest BCUT2D eigenvalue weighted by molar-refractivity contribution is 0.175. The predicted octanol–water partition coefficient (Wildman–Crippen LogP) is 2.68. The van der Waals surface area contributed by atoms with Gasteiger partial charge in [0.05, 0.1) is 6.61 Å². The Morgan fingerprint density at radius 3 is 2.60 bits per heavy atom. The normalized spacial score (nSPS) is 9.40. The molecule has 0 atom stereocenters. The number of hydrogen-bond acceptors (Lipinski definition) is 3. The van der Waals surface area contributed by atoms with Gasteiger partial charge >= 0.3 is 5.30 Å². The van der Waals surface area contributed by atoms with Crippen molar-refractivity contribution in [3.8, 4) is 0 Å². The molecule has 0 saturated carbocycles. The molecule has 0 radical (unpaired) electrons. The molecule has 0 spiro atoms. The zero-order valence-electron chi connectivity index (χ0n) is 6.55. The molecule has 60 valence electrons. The maximum Gasteiger partial charge on any atom is 0.367 e. The average Bonchev–Trinajstić information content (AvgIpc) is 1.97. The molecular weight excluding hydrogens is 148 g/mol. The van der Waals surface area contributed by atoms with Crippen LogP contribution in [0.2, 0.25) is 0 Å². The van der Waals surface area contributed by atoms with Gasteiger partial charge in [-0.25, -0.2) is 4.79 Å². The lowest BCUT2D eigenvalue weighted by Crippen LogP contribution is -1.98. The molecule has 0 aromatic rings. The van der Waals surface area contributed by atoms with Gasteiger partial charge in [0.2, 0.25) is 0 Å². The minimum absolute atomic E-state index is 0.135. The van der Waals surface area contributed by atoms with Crippen LogP contribution >= 0.6 is 11.8 Å². The van der Waals surface area contributed by atoms with E-state index in [2.05, 4.69) is 0 Å². The first-order valence-electron chi connectivity index (χ1n) is 3.60. The Kier molecular flexibility index (Phi) is 6.81. The van der Waals surface area contributed by atoms with Gasteiger partial charge in [0.15, 0.2) is 0 Å². The fraction of sp³-hybridized carbons (Fsp3) is 0.857. The van der Waals surface area contributed by atoms with Crippen LogP contribution in [0, 0.1) is 0 Å². The SMILES string of the molecule is CCCOC(=O)SCCC. The second-order valence-corrected chi connectivity index (χ2v) is 2.98. The van der Waals surface area contributed by atoms with Crippen LogP contribution in [0.15, 0.2) is 0 Å². The number of thioether (sulfide) groups is 1. The third-order valence-corrected chi connectivity index (χ3v) is 1.81. The molecule has 0 unspecified atom stereocenters. The summed E-state index contributed by atoms with van der Waals surface area (Å²) in [6.07, 6.45) is 1.92. The molecule has 0 aliphatic heterocycles. The van der Waals surface area contributed by atoms with E-state index in [0.29, 0.717) is 6.61 Å². The standard InChI is InChI=1S/C7H14O2S/c1-3-5-9-7(8)10-6-4-2/h3-6H2,1-2H3. The fourth-order valence-corrected chi connectivity index (χ4v) is 0.950. The van der Waals surface area contributed by atoms with Crippen LogP contribution in [-0.4, -0.2) is 17.7 Å². The summed E-state index contributed by atoms with van der Waals surface area (Å²) < 4.78 is 4.82. The molecule has 3 heteroatoms. The Bertz CT molecular complexity index is 83.6. The van der Waals surface area contributed by atoms with Crippen molar-refractivity contribution in [1.29, 1.82) is 0 Å². The zero-order valence-corrected chi connectivity index (χ0v) is 7.37. The molecule has 0 heterocycles. The summed E-state index contributed by atoms with van der Waals surface area (Å²) in [7, 11) is 0. The van der Waals surface area contributed by atoms with Crippen molar-refractivity contribution in [2.24, 2.45) is 0 Å². The Morgan fingerprint density at radius 2 is 2.10 bits per heavy atom. The largest absolute Gasteiger partial charge is 0.458 e. The Morgan fingerprint density at radius 1 is 1.40 bits per heavy atom. The Balaban J connectivity index is 3.09. The van der Waals surface area contributed by atoms with Crippen molar-refractivity contribution >= 4 is 17.1 Å². The van der Waals surface area contributed by atoms with E-state index in [0.717, 1.165) is 18.6 Å². The van der Waals surface area contributed by atoms with Gasteiger partial charge in [0.1, 0.15) is 0 Å². The van der Waals surface area contributed by atoms with E-state index in [4.69, 9.17) is 4.74 Å². The van der Waals surface area contributed by atoms with Crippen LogP contribution in [0.25, 0.3) is 0 Å². The van der Waals surface area contributed by atoms with Crippen LogP contribution in [0.3, 0.4) is 0 Å². The molecule has 0 aliphatic carbocycles. The van der Waals surface area contributed by atoms with E-state index < -0.39 is 0 Å². The van der Waals surface area contributed by atoms with Gasteiger partial charge in [-0.15, -0.1) is 0 Å². The lowest BCUT2D eigenvalue weighted by atomic mass is 10.5. The van der Waals surface area contributed by atoms with Gasteiger partial charge in [-0.05, 0) is 24.6 Å². The summed E-state index contributed by atoms with van der Waals surface area (Å²) in [5.41, 5.74) is 0. The van der Waals surface area contributed by atoms with Crippen molar-refractivity contribution in [2.75, 3.05) is 12.4 Å². The number of carbonyl (C=O) groups is 1. The van der Waals surface area contributed by atoms with Gasteiger partial charge in [0.25, 0.3) is 0 Å². The molecular formula is C7H14O2S. The van der Waals surface area contributed by atoms with Gasteiger partial charge < -0.3 is 4.74 Å². The van der Waals surface area contributed by atoms with Crippen LogP contribution in [0.1, 0.15) is 26.7 Å². The van der Waals surface area contributed by atoms with E-state index in [1.807, 2.05) is 13.8 Å². The van der Waals surface area contributed by atoms with Gasteiger partial charge in [-0.2, -0.15) is 0 Å². The maximum atomic E-state index is 10.7. The lowest BCUT2D eigenvalue weighted by Gasteiger charge is -1.99. The second-order valence-electron chi connectivity index (χ2n) is 1.95. The number of rotatable bonds is 4. The van der Waals surface area contributed by atoms with E-state index >= 15 is 0 Å². The summed E-state index contributed by atoms with van der Waals surface area (Å²) in [6.45, 7) is 4.58. The summed E-state index contributed by atoms with van der Waals surface area (Å²) >= 11 is 1.26. The predicted molar refractivity (Wildman–Crippen MR) is 44.4 cm³/mol.